The molecule has 1 N–H and O–H groups in total. The molecule has 0 saturated carbocycles. The lowest BCUT2D eigenvalue weighted by Gasteiger charge is -2.19. The lowest BCUT2D eigenvalue weighted by molar-refractivity contribution is 0.101. The van der Waals surface area contributed by atoms with Crippen molar-refractivity contribution in [1.82, 2.24) is 9.80 Å². The van der Waals surface area contributed by atoms with Gasteiger partial charge in [0.2, 0.25) is 0 Å². The summed E-state index contributed by atoms with van der Waals surface area (Å²) in [5, 5.41) is 10.6. The number of aromatic hydroxyl groups is 1. The third kappa shape index (κ3) is 5.12. The van der Waals surface area contributed by atoms with Gasteiger partial charge >= 0.3 is 0 Å². The Hall–Kier alpha value is -1.10. The predicted octanol–water partition coefficient (Wildman–Crippen LogP) is 2.63. The topological polar surface area (TPSA) is 43.8 Å². The van der Waals surface area contributed by atoms with Gasteiger partial charge in [-0.3, -0.25) is 4.79 Å². The van der Waals surface area contributed by atoms with Crippen LogP contribution in [0.3, 0.4) is 0 Å². The Morgan fingerprint density at radius 1 is 1.25 bits per heavy atom. The van der Waals surface area contributed by atoms with Crippen molar-refractivity contribution >= 4 is 17.4 Å². The molecule has 0 spiro atoms. The highest BCUT2D eigenvalue weighted by Gasteiger charge is 2.14. The number of phenolic OH excluding ortho intramolecular Hbond substituents is 1. The molecule has 20 heavy (non-hydrogen) atoms. The second-order valence-electron chi connectivity index (χ2n) is 5.41. The SMILES string of the molecule is CC(=O)c1cc(Cl)cc(CN(C)CCCN(C)C)c1O. The summed E-state index contributed by atoms with van der Waals surface area (Å²) in [4.78, 5) is 15.7. The van der Waals surface area contributed by atoms with Gasteiger partial charge in [-0.2, -0.15) is 0 Å². The third-order valence-electron chi connectivity index (χ3n) is 3.12. The normalized spacial score (nSPS) is 11.3. The number of hydrogen-bond donors (Lipinski definition) is 1. The number of ketones is 1. The first-order valence-electron chi connectivity index (χ1n) is 6.67. The summed E-state index contributed by atoms with van der Waals surface area (Å²) < 4.78 is 0. The van der Waals surface area contributed by atoms with Crippen LogP contribution in [-0.2, 0) is 6.54 Å². The zero-order valence-electron chi connectivity index (χ0n) is 12.6. The third-order valence-corrected chi connectivity index (χ3v) is 3.34. The standard InChI is InChI=1S/C15H23ClN2O2/c1-11(19)14-9-13(16)8-12(15(14)20)10-18(4)7-5-6-17(2)3/h8-9,20H,5-7,10H2,1-4H3. The monoisotopic (exact) mass is 298 g/mol. The number of phenols is 1. The smallest absolute Gasteiger partial charge is 0.163 e. The number of nitrogens with zero attached hydrogens (tertiary/aromatic N) is 2. The number of benzene rings is 1. The average molecular weight is 299 g/mol. The van der Waals surface area contributed by atoms with Crippen LogP contribution in [0.5, 0.6) is 5.75 Å². The van der Waals surface area contributed by atoms with Gasteiger partial charge in [0, 0.05) is 17.1 Å². The fourth-order valence-corrected chi connectivity index (χ4v) is 2.31. The van der Waals surface area contributed by atoms with Gasteiger partial charge in [0.05, 0.1) is 5.56 Å². The van der Waals surface area contributed by atoms with E-state index in [1.54, 1.807) is 6.07 Å². The number of Topliss-reactive ketones (excluding diaryl/α,β-unsaturated/α-hetero) is 1. The maximum atomic E-state index is 11.5. The minimum absolute atomic E-state index is 0.0429. The van der Waals surface area contributed by atoms with E-state index in [9.17, 15) is 9.90 Å². The lowest BCUT2D eigenvalue weighted by atomic mass is 10.1. The van der Waals surface area contributed by atoms with Crippen molar-refractivity contribution < 1.29 is 9.90 Å². The Balaban J connectivity index is 2.74. The van der Waals surface area contributed by atoms with Crippen molar-refractivity contribution in [2.45, 2.75) is 19.9 Å². The molecule has 0 unspecified atom stereocenters. The van der Waals surface area contributed by atoms with E-state index in [1.165, 1.54) is 13.0 Å². The Bertz CT molecular complexity index is 475. The molecule has 0 heterocycles. The molecule has 1 aromatic carbocycles. The van der Waals surface area contributed by atoms with Crippen LogP contribution in [0.4, 0.5) is 0 Å². The summed E-state index contributed by atoms with van der Waals surface area (Å²) >= 11 is 6.01. The van der Waals surface area contributed by atoms with Crippen molar-refractivity contribution in [3.05, 3.63) is 28.3 Å². The van der Waals surface area contributed by atoms with Crippen LogP contribution in [0, 0.1) is 0 Å². The molecular formula is C15H23ClN2O2. The molecule has 0 bridgehead atoms. The second kappa shape index (κ2) is 7.62. The zero-order valence-corrected chi connectivity index (χ0v) is 13.4. The van der Waals surface area contributed by atoms with Gasteiger partial charge in [-0.05, 0) is 59.7 Å². The van der Waals surface area contributed by atoms with E-state index >= 15 is 0 Å². The maximum absolute atomic E-state index is 11.5. The molecule has 0 fully saturated rings. The highest BCUT2D eigenvalue weighted by atomic mass is 35.5. The minimum Gasteiger partial charge on any atom is -0.507 e. The molecule has 1 rings (SSSR count). The van der Waals surface area contributed by atoms with Gasteiger partial charge in [-0.15, -0.1) is 0 Å². The highest BCUT2D eigenvalue weighted by Crippen LogP contribution is 2.28. The highest BCUT2D eigenvalue weighted by molar-refractivity contribution is 6.31. The van der Waals surface area contributed by atoms with Crippen molar-refractivity contribution in [3.63, 3.8) is 0 Å². The molecule has 0 atom stereocenters. The Labute approximate surface area is 125 Å². The van der Waals surface area contributed by atoms with Gasteiger partial charge in [-0.1, -0.05) is 11.6 Å². The van der Waals surface area contributed by atoms with Gasteiger partial charge in [0.25, 0.3) is 0 Å². The van der Waals surface area contributed by atoms with Crippen molar-refractivity contribution in [1.29, 1.82) is 0 Å². The van der Waals surface area contributed by atoms with Gasteiger partial charge in [0.15, 0.2) is 5.78 Å². The first-order chi connectivity index (χ1) is 9.31. The number of halogens is 1. The lowest BCUT2D eigenvalue weighted by Crippen LogP contribution is -2.23. The van der Waals surface area contributed by atoms with Crippen molar-refractivity contribution in [2.75, 3.05) is 34.2 Å². The molecule has 0 aromatic heterocycles. The summed E-state index contributed by atoms with van der Waals surface area (Å²) in [7, 11) is 6.08. The van der Waals surface area contributed by atoms with Crippen LogP contribution < -0.4 is 0 Å². The minimum atomic E-state index is -0.179. The summed E-state index contributed by atoms with van der Waals surface area (Å²) in [5.41, 5.74) is 0.976. The van der Waals surface area contributed by atoms with Crippen LogP contribution in [-0.4, -0.2) is 54.9 Å². The van der Waals surface area contributed by atoms with E-state index in [2.05, 4.69) is 9.80 Å². The van der Waals surface area contributed by atoms with E-state index < -0.39 is 0 Å². The Kier molecular flexibility index (Phi) is 6.46. The first-order valence-corrected chi connectivity index (χ1v) is 7.04. The Morgan fingerprint density at radius 3 is 2.45 bits per heavy atom. The van der Waals surface area contributed by atoms with E-state index in [1.807, 2.05) is 21.1 Å². The van der Waals surface area contributed by atoms with Gasteiger partial charge < -0.3 is 14.9 Å². The van der Waals surface area contributed by atoms with E-state index in [-0.39, 0.29) is 17.1 Å². The summed E-state index contributed by atoms with van der Waals surface area (Å²) in [6.07, 6.45) is 1.05. The van der Waals surface area contributed by atoms with Crippen LogP contribution in [0.15, 0.2) is 12.1 Å². The van der Waals surface area contributed by atoms with Gasteiger partial charge in [-0.25, -0.2) is 0 Å². The maximum Gasteiger partial charge on any atom is 0.163 e. The largest absolute Gasteiger partial charge is 0.507 e. The number of hydrogen-bond acceptors (Lipinski definition) is 4. The van der Waals surface area contributed by atoms with Gasteiger partial charge in [0.1, 0.15) is 5.75 Å². The molecule has 0 radical (unpaired) electrons. The predicted molar refractivity (Wildman–Crippen MR) is 82.6 cm³/mol. The quantitative estimate of drug-likeness (QED) is 0.786. The van der Waals surface area contributed by atoms with Crippen LogP contribution >= 0.6 is 11.6 Å². The van der Waals surface area contributed by atoms with E-state index in [0.29, 0.717) is 17.1 Å². The molecule has 0 saturated heterocycles. The summed E-state index contributed by atoms with van der Waals surface area (Å²) in [5.74, 6) is -0.136. The number of carbonyl (C=O) groups is 1. The Morgan fingerprint density at radius 2 is 1.90 bits per heavy atom. The second-order valence-corrected chi connectivity index (χ2v) is 5.85. The first kappa shape index (κ1) is 17.0. The van der Waals surface area contributed by atoms with Crippen LogP contribution in [0.1, 0.15) is 29.3 Å². The van der Waals surface area contributed by atoms with Crippen LogP contribution in [0.2, 0.25) is 5.02 Å². The molecule has 5 heteroatoms. The van der Waals surface area contributed by atoms with Crippen molar-refractivity contribution in [3.8, 4) is 5.75 Å². The molecule has 0 aliphatic heterocycles. The molecule has 1 aromatic rings. The molecule has 112 valence electrons. The van der Waals surface area contributed by atoms with Crippen LogP contribution in [0.25, 0.3) is 0 Å². The fourth-order valence-electron chi connectivity index (χ4n) is 2.07. The average Bonchev–Trinajstić information content (AvgIpc) is 2.32. The van der Waals surface area contributed by atoms with Crippen molar-refractivity contribution in [2.24, 2.45) is 0 Å². The molecule has 0 aliphatic carbocycles. The van der Waals surface area contributed by atoms with E-state index in [0.717, 1.165) is 19.5 Å². The fraction of sp³-hybridized carbons (Fsp3) is 0.533. The summed E-state index contributed by atoms with van der Waals surface area (Å²) in [6, 6.07) is 3.22. The molecule has 0 aliphatic rings. The number of carbonyl (C=O) groups excluding carboxylic acids is 1. The van der Waals surface area contributed by atoms with E-state index in [4.69, 9.17) is 11.6 Å². The molecule has 0 amide bonds. The summed E-state index contributed by atoms with van der Waals surface area (Å²) in [6.45, 7) is 3.93. The molecule has 4 nitrogen and oxygen atoms in total. The molecular weight excluding hydrogens is 276 g/mol. The number of rotatable bonds is 7. The zero-order chi connectivity index (χ0) is 15.3.